The van der Waals surface area contributed by atoms with Gasteiger partial charge >= 0.3 is 0 Å². The second-order valence-corrected chi connectivity index (χ2v) is 7.61. The normalized spacial score (nSPS) is 10.7. The highest BCUT2D eigenvalue weighted by atomic mass is 35.5. The smallest absolute Gasteiger partial charge is 0.129 e. The van der Waals surface area contributed by atoms with Gasteiger partial charge in [0.15, 0.2) is 0 Å². The molecule has 0 radical (unpaired) electrons. The number of alkyl halides is 1. The van der Waals surface area contributed by atoms with Gasteiger partial charge in [-0.1, -0.05) is 39.8 Å². The molecule has 0 aromatic heterocycles. The Kier molecular flexibility index (Phi) is 4.50. The summed E-state index contributed by atoms with van der Waals surface area (Å²) in [6, 6.07) is 12.8. The van der Waals surface area contributed by atoms with Crippen molar-refractivity contribution in [3.8, 4) is 0 Å². The minimum Gasteiger partial charge on any atom is -0.207 e. The molecule has 0 spiro atoms. The van der Waals surface area contributed by atoms with Crippen LogP contribution in [0.25, 0.3) is 0 Å². The largest absolute Gasteiger partial charge is 0.207 e. The van der Waals surface area contributed by atoms with Gasteiger partial charge in [-0.25, -0.2) is 8.78 Å². The number of allylic oxidation sites excluding steroid dienone is 1. The summed E-state index contributed by atoms with van der Waals surface area (Å²) in [7, 11) is -1.75. The molecule has 0 atom stereocenters. The molecular weight excluding hydrogens is 282 g/mol. The van der Waals surface area contributed by atoms with Gasteiger partial charge in [0.05, 0.1) is 0 Å². The van der Waals surface area contributed by atoms with Crippen molar-refractivity contribution >= 4 is 30.8 Å². The summed E-state index contributed by atoms with van der Waals surface area (Å²) in [5.41, 5.74) is 0. The molecule has 0 aliphatic heterocycles. The average molecular weight is 295 g/mol. The van der Waals surface area contributed by atoms with E-state index in [2.05, 4.69) is 6.58 Å². The third-order valence-corrected chi connectivity index (χ3v) is 6.71. The second kappa shape index (κ2) is 6.13. The van der Waals surface area contributed by atoms with E-state index in [1.54, 1.807) is 24.3 Å². The second-order valence-electron chi connectivity index (χ2n) is 4.33. The van der Waals surface area contributed by atoms with Crippen molar-refractivity contribution in [2.24, 2.45) is 0 Å². The van der Waals surface area contributed by atoms with E-state index >= 15 is 0 Å². The lowest BCUT2D eigenvalue weighted by Crippen LogP contribution is -2.44. The predicted octanol–water partition coefficient (Wildman–Crippen LogP) is 2.64. The quantitative estimate of drug-likeness (QED) is 0.601. The highest BCUT2D eigenvalue weighted by Crippen LogP contribution is 2.05. The molecule has 4 heteroatoms. The van der Waals surface area contributed by atoms with Crippen LogP contribution in [-0.2, 0) is 0 Å². The first kappa shape index (κ1) is 14.0. The lowest BCUT2D eigenvalue weighted by Gasteiger charge is -2.17. The zero-order chi connectivity index (χ0) is 13.8. The van der Waals surface area contributed by atoms with Crippen molar-refractivity contribution < 1.29 is 8.78 Å². The van der Waals surface area contributed by atoms with E-state index in [0.29, 0.717) is 5.88 Å². The van der Waals surface area contributed by atoms with Crippen molar-refractivity contribution in [1.29, 1.82) is 0 Å². The van der Waals surface area contributed by atoms with E-state index in [0.717, 1.165) is 15.6 Å². The third-order valence-electron chi connectivity index (χ3n) is 2.99. The third kappa shape index (κ3) is 3.31. The van der Waals surface area contributed by atoms with Gasteiger partial charge in [-0.2, -0.15) is 0 Å². The molecule has 0 amide bonds. The van der Waals surface area contributed by atoms with Crippen LogP contribution in [0.15, 0.2) is 60.3 Å². The van der Waals surface area contributed by atoms with Crippen molar-refractivity contribution in [2.75, 3.05) is 5.88 Å². The molecule has 0 saturated carbocycles. The summed E-state index contributed by atoms with van der Waals surface area (Å²) in [4.78, 5) is 0. The van der Waals surface area contributed by atoms with Crippen molar-refractivity contribution in [3.05, 3.63) is 71.9 Å². The molecule has 0 nitrogen and oxygen atoms in total. The van der Waals surface area contributed by atoms with Gasteiger partial charge < -0.3 is 0 Å². The zero-order valence-electron chi connectivity index (χ0n) is 10.2. The van der Waals surface area contributed by atoms with Gasteiger partial charge in [-0.15, -0.1) is 18.2 Å². The van der Waals surface area contributed by atoms with Gasteiger partial charge in [0.2, 0.25) is 0 Å². The Morgan fingerprint density at radius 2 is 1.26 bits per heavy atom. The first-order chi connectivity index (χ1) is 9.11. The molecule has 0 saturated heterocycles. The topological polar surface area (TPSA) is 0 Å². The number of benzene rings is 2. The maximum absolute atomic E-state index is 13.0. The molecule has 2 aromatic rings. The molecule has 0 unspecified atom stereocenters. The Hall–Kier alpha value is -1.45. The van der Waals surface area contributed by atoms with Crippen LogP contribution in [0.2, 0.25) is 0 Å². The van der Waals surface area contributed by atoms with Crippen molar-refractivity contribution in [1.82, 2.24) is 0 Å². The summed E-state index contributed by atoms with van der Waals surface area (Å²) in [6.07, 6.45) is 0. The Bertz CT molecular complexity index is 518. The lowest BCUT2D eigenvalue weighted by molar-refractivity contribution is 0.628. The van der Waals surface area contributed by atoms with E-state index in [1.807, 2.05) is 0 Å². The van der Waals surface area contributed by atoms with Crippen molar-refractivity contribution in [2.45, 2.75) is 0 Å². The molecule has 2 rings (SSSR count). The van der Waals surface area contributed by atoms with Crippen LogP contribution in [0.4, 0.5) is 8.78 Å². The van der Waals surface area contributed by atoms with E-state index in [1.165, 1.54) is 24.3 Å². The fourth-order valence-corrected chi connectivity index (χ4v) is 5.15. The highest BCUT2D eigenvalue weighted by Gasteiger charge is 2.19. The molecule has 2 aromatic carbocycles. The average Bonchev–Trinajstić information content (AvgIpc) is 2.43. The first-order valence-electron chi connectivity index (χ1n) is 5.86. The number of halogens is 3. The molecule has 19 heavy (non-hydrogen) atoms. The summed E-state index contributed by atoms with van der Waals surface area (Å²) in [5.74, 6) is -0.190. The fourth-order valence-electron chi connectivity index (χ4n) is 2.05. The molecular formula is C15H13ClF2Si. The molecule has 0 heterocycles. The predicted molar refractivity (Wildman–Crippen MR) is 79.1 cm³/mol. The molecule has 0 fully saturated rings. The van der Waals surface area contributed by atoms with Gasteiger partial charge in [-0.05, 0) is 24.3 Å². The Labute approximate surface area is 118 Å². The minimum absolute atomic E-state index is 0.271. The van der Waals surface area contributed by atoms with Crippen LogP contribution in [0.5, 0.6) is 0 Å². The molecule has 98 valence electrons. The minimum atomic E-state index is -1.75. The summed E-state index contributed by atoms with van der Waals surface area (Å²) in [6.45, 7) is 4.01. The Balaban J connectivity index is 2.44. The number of hydrogen-bond donors (Lipinski definition) is 0. The van der Waals surface area contributed by atoms with Gasteiger partial charge in [0, 0.05) is 5.88 Å². The molecule has 0 aliphatic rings. The highest BCUT2D eigenvalue weighted by molar-refractivity contribution is 6.91. The molecule has 0 bridgehead atoms. The van der Waals surface area contributed by atoms with Crippen LogP contribution >= 0.6 is 11.6 Å². The van der Waals surface area contributed by atoms with E-state index in [-0.39, 0.29) is 11.6 Å². The van der Waals surface area contributed by atoms with Gasteiger partial charge in [-0.3, -0.25) is 0 Å². The fraction of sp³-hybridized carbons (Fsp3) is 0.0667. The standard InChI is InChI=1S/C15H13ClF2Si/c1-11(10-16)19(14-6-2-12(17)3-7-14)15-8-4-13(18)5-9-15/h2-9,19H,1,10H2. The van der Waals surface area contributed by atoms with Crippen LogP contribution in [0.3, 0.4) is 0 Å². The first-order valence-corrected chi connectivity index (χ1v) is 8.13. The monoisotopic (exact) mass is 294 g/mol. The van der Waals surface area contributed by atoms with Crippen molar-refractivity contribution in [3.63, 3.8) is 0 Å². The van der Waals surface area contributed by atoms with E-state index in [4.69, 9.17) is 11.6 Å². The van der Waals surface area contributed by atoms with E-state index < -0.39 is 8.80 Å². The zero-order valence-corrected chi connectivity index (χ0v) is 12.2. The van der Waals surface area contributed by atoms with Crippen LogP contribution in [-0.4, -0.2) is 14.7 Å². The van der Waals surface area contributed by atoms with Crippen LogP contribution in [0, 0.1) is 11.6 Å². The number of rotatable bonds is 4. The summed E-state index contributed by atoms with van der Waals surface area (Å²) in [5, 5.41) is 2.98. The summed E-state index contributed by atoms with van der Waals surface area (Å²) >= 11 is 5.90. The van der Waals surface area contributed by atoms with Gasteiger partial charge in [0.1, 0.15) is 20.4 Å². The Morgan fingerprint density at radius 3 is 1.58 bits per heavy atom. The van der Waals surface area contributed by atoms with Crippen LogP contribution < -0.4 is 10.4 Å². The maximum Gasteiger partial charge on any atom is 0.129 e. The number of hydrogen-bond acceptors (Lipinski definition) is 0. The lowest BCUT2D eigenvalue weighted by atomic mass is 10.3. The van der Waals surface area contributed by atoms with Gasteiger partial charge in [0.25, 0.3) is 0 Å². The Morgan fingerprint density at radius 1 is 0.895 bits per heavy atom. The summed E-state index contributed by atoms with van der Waals surface area (Å²) < 4.78 is 26.0. The molecule has 0 aliphatic carbocycles. The molecule has 0 N–H and O–H groups in total. The SMILES string of the molecule is C=C(CCl)[SiH](c1ccc(F)cc1)c1ccc(F)cc1. The van der Waals surface area contributed by atoms with E-state index in [9.17, 15) is 8.78 Å². The maximum atomic E-state index is 13.0. The van der Waals surface area contributed by atoms with Crippen LogP contribution in [0.1, 0.15) is 0 Å².